The van der Waals surface area contributed by atoms with Crippen LogP contribution in [0.15, 0.2) is 18.2 Å². The molecule has 0 aromatic heterocycles. The van der Waals surface area contributed by atoms with Gasteiger partial charge < -0.3 is 15.8 Å². The van der Waals surface area contributed by atoms with Gasteiger partial charge in [0.2, 0.25) is 0 Å². The van der Waals surface area contributed by atoms with E-state index < -0.39 is 21.1 Å². The van der Waals surface area contributed by atoms with Crippen molar-refractivity contribution in [1.82, 2.24) is 0 Å². The zero-order valence-corrected chi connectivity index (χ0v) is 12.8. The molecule has 6 nitrogen and oxygen atoms in total. The fraction of sp³-hybridized carbons (Fsp3) is 0.500. The standard InChI is InChI=1S/C14H20N2O4S/c1-2-20-14(17)12-8-10(15)5-6-13(12)16-9-11-4-3-7-21(11,18)19/h5-6,8,11,16H,2-4,7,9,15H2,1H3. The Morgan fingerprint density at radius 1 is 1.48 bits per heavy atom. The summed E-state index contributed by atoms with van der Waals surface area (Å²) in [5.74, 6) is -0.229. The summed E-state index contributed by atoms with van der Waals surface area (Å²) in [4.78, 5) is 11.9. The third kappa shape index (κ3) is 3.66. The van der Waals surface area contributed by atoms with Crippen LogP contribution < -0.4 is 11.1 Å². The normalized spacial score (nSPS) is 20.1. The van der Waals surface area contributed by atoms with Gasteiger partial charge in [-0.15, -0.1) is 0 Å². The molecule has 7 heteroatoms. The van der Waals surface area contributed by atoms with E-state index in [2.05, 4.69) is 5.32 Å². The molecule has 0 amide bonds. The summed E-state index contributed by atoms with van der Waals surface area (Å²) in [6.45, 7) is 2.28. The van der Waals surface area contributed by atoms with E-state index in [1.807, 2.05) is 0 Å². The maximum Gasteiger partial charge on any atom is 0.340 e. The molecule has 1 aliphatic rings. The molecule has 0 saturated carbocycles. The number of nitrogens with two attached hydrogens (primary N) is 1. The number of nitrogen functional groups attached to an aromatic ring is 1. The Bertz CT molecular complexity index is 628. The fourth-order valence-corrected chi connectivity index (χ4v) is 4.17. The second-order valence-corrected chi connectivity index (χ2v) is 7.44. The van der Waals surface area contributed by atoms with E-state index in [9.17, 15) is 13.2 Å². The number of sulfone groups is 1. The van der Waals surface area contributed by atoms with Crippen LogP contribution in [0, 0.1) is 0 Å². The topological polar surface area (TPSA) is 98.5 Å². The number of benzene rings is 1. The average molecular weight is 312 g/mol. The van der Waals surface area contributed by atoms with Gasteiger partial charge in [0.25, 0.3) is 0 Å². The molecule has 1 saturated heterocycles. The summed E-state index contributed by atoms with van der Waals surface area (Å²) in [6.07, 6.45) is 1.35. The molecule has 1 aromatic rings. The molecule has 1 heterocycles. The molecular formula is C14H20N2O4S. The van der Waals surface area contributed by atoms with Crippen LogP contribution >= 0.6 is 0 Å². The minimum atomic E-state index is -3.01. The zero-order chi connectivity index (χ0) is 15.5. The minimum absolute atomic E-state index is 0.242. The van der Waals surface area contributed by atoms with Crippen molar-refractivity contribution in [2.75, 3.05) is 30.0 Å². The summed E-state index contributed by atoms with van der Waals surface area (Å²) in [5.41, 5.74) is 7.02. The first kappa shape index (κ1) is 15.6. The summed E-state index contributed by atoms with van der Waals surface area (Å²) < 4.78 is 28.6. The molecule has 0 bridgehead atoms. The number of esters is 1. The maximum atomic E-state index is 11.9. The first-order valence-electron chi connectivity index (χ1n) is 6.96. The number of hydrogen-bond donors (Lipinski definition) is 2. The first-order chi connectivity index (χ1) is 9.94. The largest absolute Gasteiger partial charge is 0.462 e. The van der Waals surface area contributed by atoms with Gasteiger partial charge in [0.15, 0.2) is 9.84 Å². The van der Waals surface area contributed by atoms with Gasteiger partial charge in [-0.3, -0.25) is 0 Å². The highest BCUT2D eigenvalue weighted by molar-refractivity contribution is 7.92. The van der Waals surface area contributed by atoms with Gasteiger partial charge in [0.05, 0.1) is 23.2 Å². The predicted molar refractivity (Wildman–Crippen MR) is 82.1 cm³/mol. The van der Waals surface area contributed by atoms with Crippen molar-refractivity contribution in [3.05, 3.63) is 23.8 Å². The van der Waals surface area contributed by atoms with Crippen molar-refractivity contribution < 1.29 is 17.9 Å². The number of anilines is 2. The van der Waals surface area contributed by atoms with Crippen molar-refractivity contribution in [3.8, 4) is 0 Å². The van der Waals surface area contributed by atoms with Gasteiger partial charge in [0, 0.05) is 17.9 Å². The highest BCUT2D eigenvalue weighted by Crippen LogP contribution is 2.23. The Kier molecular flexibility index (Phi) is 4.72. The lowest BCUT2D eigenvalue weighted by molar-refractivity contribution is 0.0527. The van der Waals surface area contributed by atoms with Crippen LogP contribution in [0.2, 0.25) is 0 Å². The molecule has 0 spiro atoms. The van der Waals surface area contributed by atoms with E-state index in [0.717, 1.165) is 0 Å². The highest BCUT2D eigenvalue weighted by atomic mass is 32.2. The van der Waals surface area contributed by atoms with E-state index >= 15 is 0 Å². The molecule has 1 unspecified atom stereocenters. The van der Waals surface area contributed by atoms with Crippen molar-refractivity contribution in [2.24, 2.45) is 0 Å². The smallest absolute Gasteiger partial charge is 0.340 e. The number of rotatable bonds is 5. The van der Waals surface area contributed by atoms with Crippen molar-refractivity contribution in [1.29, 1.82) is 0 Å². The first-order valence-corrected chi connectivity index (χ1v) is 8.67. The Labute approximate surface area is 124 Å². The van der Waals surface area contributed by atoms with Crippen molar-refractivity contribution in [3.63, 3.8) is 0 Å². The zero-order valence-electron chi connectivity index (χ0n) is 12.0. The minimum Gasteiger partial charge on any atom is -0.462 e. The van der Waals surface area contributed by atoms with E-state index in [0.29, 0.717) is 36.3 Å². The molecule has 3 N–H and O–H groups in total. The quantitative estimate of drug-likeness (QED) is 0.630. The van der Waals surface area contributed by atoms with E-state index in [1.165, 1.54) is 6.07 Å². The predicted octanol–water partition coefficient (Wildman–Crippen LogP) is 1.43. The van der Waals surface area contributed by atoms with Crippen LogP contribution in [0.4, 0.5) is 11.4 Å². The van der Waals surface area contributed by atoms with Gasteiger partial charge in [0.1, 0.15) is 0 Å². The fourth-order valence-electron chi connectivity index (χ4n) is 2.40. The second-order valence-electron chi connectivity index (χ2n) is 5.04. The van der Waals surface area contributed by atoms with Crippen LogP contribution in [0.5, 0.6) is 0 Å². The van der Waals surface area contributed by atoms with Crippen LogP contribution in [-0.2, 0) is 14.6 Å². The van der Waals surface area contributed by atoms with Gasteiger partial charge in [-0.2, -0.15) is 0 Å². The van der Waals surface area contributed by atoms with Crippen LogP contribution in [0.3, 0.4) is 0 Å². The monoisotopic (exact) mass is 312 g/mol. The molecule has 21 heavy (non-hydrogen) atoms. The van der Waals surface area contributed by atoms with Gasteiger partial charge in [-0.1, -0.05) is 0 Å². The van der Waals surface area contributed by atoms with Gasteiger partial charge in [-0.25, -0.2) is 13.2 Å². The Hall–Kier alpha value is -1.76. The molecule has 0 aliphatic carbocycles. The number of nitrogens with one attached hydrogen (secondary N) is 1. The lowest BCUT2D eigenvalue weighted by Gasteiger charge is -2.15. The molecule has 1 fully saturated rings. The molecular weight excluding hydrogens is 292 g/mol. The van der Waals surface area contributed by atoms with Gasteiger partial charge >= 0.3 is 5.97 Å². The lowest BCUT2D eigenvalue weighted by Crippen LogP contribution is -2.25. The lowest BCUT2D eigenvalue weighted by atomic mass is 10.1. The van der Waals surface area contributed by atoms with E-state index in [1.54, 1.807) is 19.1 Å². The molecule has 1 aliphatic heterocycles. The molecule has 0 radical (unpaired) electrons. The summed E-state index contributed by atoms with van der Waals surface area (Å²) in [7, 11) is -3.01. The third-order valence-corrected chi connectivity index (χ3v) is 5.80. The Morgan fingerprint density at radius 3 is 2.86 bits per heavy atom. The molecule has 1 aromatic carbocycles. The maximum absolute atomic E-state index is 11.9. The summed E-state index contributed by atoms with van der Waals surface area (Å²) >= 11 is 0. The van der Waals surface area contributed by atoms with E-state index in [4.69, 9.17) is 10.5 Å². The van der Waals surface area contributed by atoms with Crippen LogP contribution in [-0.4, -0.2) is 38.5 Å². The highest BCUT2D eigenvalue weighted by Gasteiger charge is 2.31. The molecule has 116 valence electrons. The number of carbonyl (C=O) groups is 1. The Balaban J connectivity index is 2.14. The number of carbonyl (C=O) groups excluding carboxylic acids is 1. The van der Waals surface area contributed by atoms with Crippen molar-refractivity contribution >= 4 is 27.2 Å². The molecule has 2 rings (SSSR count). The molecule has 1 atom stereocenters. The number of hydrogen-bond acceptors (Lipinski definition) is 6. The van der Waals surface area contributed by atoms with Crippen molar-refractivity contribution in [2.45, 2.75) is 25.0 Å². The average Bonchev–Trinajstić information content (AvgIpc) is 2.76. The summed E-state index contributed by atoms with van der Waals surface area (Å²) in [6, 6.07) is 4.86. The van der Waals surface area contributed by atoms with Gasteiger partial charge in [-0.05, 0) is 38.0 Å². The SMILES string of the molecule is CCOC(=O)c1cc(N)ccc1NCC1CCCS1(=O)=O. The third-order valence-electron chi connectivity index (χ3n) is 3.52. The van der Waals surface area contributed by atoms with Crippen LogP contribution in [0.25, 0.3) is 0 Å². The van der Waals surface area contributed by atoms with Crippen LogP contribution in [0.1, 0.15) is 30.1 Å². The van der Waals surface area contributed by atoms with E-state index in [-0.39, 0.29) is 12.4 Å². The Morgan fingerprint density at radius 2 is 2.24 bits per heavy atom. The number of ether oxygens (including phenoxy) is 1. The second kappa shape index (κ2) is 6.34. The summed E-state index contributed by atoms with van der Waals surface area (Å²) in [5, 5.41) is 2.64.